The number of hydrogen-bond donors (Lipinski definition) is 1. The zero-order valence-electron chi connectivity index (χ0n) is 34.8. The van der Waals surface area contributed by atoms with E-state index in [2.05, 4.69) is 68.2 Å². The van der Waals surface area contributed by atoms with Gasteiger partial charge in [-0.25, -0.2) is 0 Å². The van der Waals surface area contributed by atoms with Crippen LogP contribution in [0.15, 0.2) is 109 Å². The topological polar surface area (TPSA) is 50.2 Å². The van der Waals surface area contributed by atoms with Crippen molar-refractivity contribution in [2.45, 2.75) is 93.7 Å². The fourth-order valence-electron chi connectivity index (χ4n) is 5.98. The van der Waals surface area contributed by atoms with Gasteiger partial charge in [0.1, 0.15) is 5.76 Å². The number of nitrogens with zero attached hydrogens (tertiary/aromatic N) is 1. The van der Waals surface area contributed by atoms with E-state index in [1.165, 1.54) is 22.4 Å². The second kappa shape index (κ2) is 17.7. The zero-order valence-corrected chi connectivity index (χ0v) is 35.2. The van der Waals surface area contributed by atoms with E-state index in [1.54, 1.807) is 6.07 Å². The quantitative estimate of drug-likeness (QED) is 0.0622. The molecule has 5 rings (SSSR count). The summed E-state index contributed by atoms with van der Waals surface area (Å²) in [5, 5.41) is 12.7. The molecule has 0 bridgehead atoms. The number of hydrogen-bond acceptors (Lipinski definition) is 3. The standard InChI is InChI=1S/C31H28NSi.C15H28O2.Ir/c1-22-15-16-25(19-27(22)23-11-7-5-8-12-23)29-18-17-26-20-31(33(2,3)4)28(21-30(26)32-29)24-13-9-6-10-14-24;1-7-14(5,8-2)12(16)11-13(17)15(6,9-3)10-4;/h5-15,17-21H,1-4H3;11,16H,7-10H2,1-6H3;/q-1;;/b;12-11-;/i1D3;;. The first kappa shape index (κ1) is 37.1. The van der Waals surface area contributed by atoms with Crippen LogP contribution in [0.2, 0.25) is 19.6 Å². The van der Waals surface area contributed by atoms with Gasteiger partial charge in [-0.05, 0) is 59.5 Å². The van der Waals surface area contributed by atoms with Crippen molar-refractivity contribution in [3.8, 4) is 33.5 Å². The number of carbonyl (C=O) groups excluding carboxylic acids is 1. The monoisotopic (exact) mass is 878 g/mol. The van der Waals surface area contributed by atoms with Crippen molar-refractivity contribution in [2.75, 3.05) is 0 Å². The van der Waals surface area contributed by atoms with Crippen LogP contribution >= 0.6 is 0 Å². The predicted molar refractivity (Wildman–Crippen MR) is 218 cm³/mol. The van der Waals surface area contributed by atoms with E-state index in [1.807, 2.05) is 90.1 Å². The second-order valence-electron chi connectivity index (χ2n) is 14.9. The van der Waals surface area contributed by atoms with Gasteiger partial charge in [-0.2, -0.15) is 0 Å². The number of carbonyl (C=O) groups is 1. The summed E-state index contributed by atoms with van der Waals surface area (Å²) >= 11 is 0. The Bertz CT molecular complexity index is 2050. The molecule has 1 aromatic heterocycles. The van der Waals surface area contributed by atoms with E-state index in [-0.39, 0.29) is 42.5 Å². The van der Waals surface area contributed by atoms with Crippen molar-refractivity contribution in [2.24, 2.45) is 10.8 Å². The van der Waals surface area contributed by atoms with Gasteiger partial charge in [-0.15, -0.1) is 29.3 Å². The molecule has 3 nitrogen and oxygen atoms in total. The zero-order chi connectivity index (χ0) is 39.2. The fourth-order valence-corrected chi connectivity index (χ4v) is 7.59. The van der Waals surface area contributed by atoms with Crippen molar-refractivity contribution in [1.29, 1.82) is 0 Å². The molecule has 0 unspecified atom stereocenters. The number of ketones is 1. The third kappa shape index (κ3) is 9.83. The molecule has 0 aliphatic carbocycles. The maximum Gasteiger partial charge on any atom is 0.164 e. The van der Waals surface area contributed by atoms with E-state index in [0.717, 1.165) is 53.4 Å². The number of aromatic nitrogens is 1. The van der Waals surface area contributed by atoms with Crippen molar-refractivity contribution in [3.05, 3.63) is 121 Å². The average molecular weight is 878 g/mol. The Hall–Kier alpha value is -3.63. The number of benzene rings is 4. The molecule has 51 heavy (non-hydrogen) atoms. The van der Waals surface area contributed by atoms with Crippen molar-refractivity contribution < 1.29 is 34.1 Å². The Morgan fingerprint density at radius 2 is 1.35 bits per heavy atom. The molecular formula is C46H56IrNO2Si-. The van der Waals surface area contributed by atoms with Gasteiger partial charge in [0, 0.05) is 41.1 Å². The third-order valence-electron chi connectivity index (χ3n) is 10.6. The van der Waals surface area contributed by atoms with Gasteiger partial charge in [-0.1, -0.05) is 158 Å². The molecule has 1 radical (unpaired) electrons. The molecule has 0 aliphatic rings. The van der Waals surface area contributed by atoms with Crippen LogP contribution in [-0.2, 0) is 24.9 Å². The molecule has 0 fully saturated rings. The maximum atomic E-state index is 12.2. The van der Waals surface area contributed by atoms with Crippen LogP contribution in [0.3, 0.4) is 0 Å². The fraction of sp³-hybridized carbons (Fsp3) is 0.348. The normalized spacial score (nSPS) is 13.3. The van der Waals surface area contributed by atoms with Gasteiger partial charge in [0.2, 0.25) is 0 Å². The SMILES string of the molecule is CCC(C)(CC)C(=O)/C=C(\O)C(C)(CC)CC.[2H]C([2H])([2H])c1c[c-]c(-c2ccc3cc([Si](C)(C)C)c(-c4ccccc4)cc3n2)cc1-c1ccccc1.[Ir]. The minimum absolute atomic E-state index is 0. The summed E-state index contributed by atoms with van der Waals surface area (Å²) in [4.78, 5) is 17.2. The molecule has 0 spiro atoms. The van der Waals surface area contributed by atoms with Gasteiger partial charge >= 0.3 is 0 Å². The Kier molecular flexibility index (Phi) is 12.9. The van der Waals surface area contributed by atoms with Gasteiger partial charge in [-0.3, -0.25) is 9.78 Å². The van der Waals surface area contributed by atoms with E-state index in [0.29, 0.717) is 11.1 Å². The molecule has 0 aliphatic heterocycles. The molecule has 0 atom stereocenters. The Balaban J connectivity index is 0.000000372. The molecule has 0 saturated carbocycles. The Morgan fingerprint density at radius 1 is 0.804 bits per heavy atom. The van der Waals surface area contributed by atoms with Crippen molar-refractivity contribution in [1.82, 2.24) is 4.98 Å². The molecule has 1 heterocycles. The summed E-state index contributed by atoms with van der Waals surface area (Å²) in [6.45, 7) is 17.0. The maximum absolute atomic E-state index is 12.2. The smallest absolute Gasteiger partial charge is 0.164 e. The number of rotatable bonds is 11. The van der Waals surface area contributed by atoms with E-state index >= 15 is 0 Å². The largest absolute Gasteiger partial charge is 0.512 e. The summed E-state index contributed by atoms with van der Waals surface area (Å²) in [6, 6.07) is 35.5. The molecule has 5 heteroatoms. The minimum Gasteiger partial charge on any atom is -0.512 e. The molecule has 5 aromatic rings. The van der Waals surface area contributed by atoms with Crippen LogP contribution in [0.25, 0.3) is 44.4 Å². The van der Waals surface area contributed by atoms with Gasteiger partial charge < -0.3 is 5.11 Å². The van der Waals surface area contributed by atoms with Crippen LogP contribution < -0.4 is 5.19 Å². The van der Waals surface area contributed by atoms with Crippen molar-refractivity contribution >= 4 is 29.9 Å². The van der Waals surface area contributed by atoms with E-state index in [9.17, 15) is 9.90 Å². The Morgan fingerprint density at radius 3 is 1.86 bits per heavy atom. The number of aryl methyl sites for hydroxylation is 1. The number of allylic oxidation sites excluding steroid dienone is 2. The molecule has 4 aromatic carbocycles. The number of aliphatic hydroxyl groups excluding tert-OH is 1. The van der Waals surface area contributed by atoms with Crippen molar-refractivity contribution in [3.63, 3.8) is 0 Å². The number of pyridine rings is 1. The van der Waals surface area contributed by atoms with Gasteiger partial charge in [0.25, 0.3) is 0 Å². The molecule has 1 N–H and O–H groups in total. The number of fused-ring (bicyclic) bond motifs is 1. The van der Waals surface area contributed by atoms with Crippen LogP contribution in [0.4, 0.5) is 0 Å². The molecule has 271 valence electrons. The summed E-state index contributed by atoms with van der Waals surface area (Å²) in [5.41, 5.74) is 6.15. The molecule has 0 amide bonds. The van der Waals surface area contributed by atoms with Crippen LogP contribution in [0, 0.1) is 23.7 Å². The summed E-state index contributed by atoms with van der Waals surface area (Å²) < 4.78 is 24.1. The summed E-state index contributed by atoms with van der Waals surface area (Å²) in [5.74, 6) is 0.286. The summed E-state index contributed by atoms with van der Waals surface area (Å²) in [7, 11) is -1.61. The second-order valence-corrected chi connectivity index (χ2v) is 19.9. The minimum atomic E-state index is -2.23. The third-order valence-corrected chi connectivity index (χ3v) is 12.7. The first-order valence-corrected chi connectivity index (χ1v) is 21.5. The van der Waals surface area contributed by atoms with Gasteiger partial charge in [0.05, 0.1) is 13.6 Å². The molecular weight excluding hydrogens is 819 g/mol. The van der Waals surface area contributed by atoms with Crippen LogP contribution in [0.1, 0.15) is 76.9 Å². The van der Waals surface area contributed by atoms with E-state index < -0.39 is 14.9 Å². The van der Waals surface area contributed by atoms with Gasteiger partial charge in [0.15, 0.2) is 5.78 Å². The molecule has 0 saturated heterocycles. The average Bonchev–Trinajstić information content (AvgIpc) is 3.16. The first-order valence-electron chi connectivity index (χ1n) is 19.5. The number of aliphatic hydroxyl groups is 1. The first-order chi connectivity index (χ1) is 24.9. The predicted octanol–water partition coefficient (Wildman–Crippen LogP) is 12.5. The van der Waals surface area contributed by atoms with Crippen LogP contribution in [0.5, 0.6) is 0 Å². The summed E-state index contributed by atoms with van der Waals surface area (Å²) in [6.07, 6.45) is 4.75. The Labute approximate surface area is 326 Å². The van der Waals surface area contributed by atoms with E-state index in [4.69, 9.17) is 9.10 Å². The van der Waals surface area contributed by atoms with Crippen LogP contribution in [-0.4, -0.2) is 23.9 Å².